The van der Waals surface area contributed by atoms with Crippen molar-refractivity contribution in [3.8, 4) is 6.07 Å². The van der Waals surface area contributed by atoms with E-state index in [-0.39, 0.29) is 34.8 Å². The van der Waals surface area contributed by atoms with Gasteiger partial charge in [0, 0.05) is 19.3 Å². The number of nitrogens with zero attached hydrogens (tertiary/aromatic N) is 3. The SMILES string of the molecule is CC(C)SCC(=O)N1C[C@@H](C(F)(F)F)[C@H](Nc2ncc(C#N)cc2F)C1. The summed E-state index contributed by atoms with van der Waals surface area (Å²) < 4.78 is 54.0. The first-order valence-electron chi connectivity index (χ1n) is 7.90. The van der Waals surface area contributed by atoms with Crippen LogP contribution in [0.25, 0.3) is 0 Å². The van der Waals surface area contributed by atoms with Crippen molar-refractivity contribution < 1.29 is 22.4 Å². The zero-order chi connectivity index (χ0) is 19.5. The first-order valence-corrected chi connectivity index (χ1v) is 8.95. The molecule has 0 aliphatic carbocycles. The Morgan fingerprint density at radius 3 is 2.73 bits per heavy atom. The van der Waals surface area contributed by atoms with Crippen LogP contribution in [0.5, 0.6) is 0 Å². The number of aromatic nitrogens is 1. The minimum atomic E-state index is -4.54. The predicted octanol–water partition coefficient (Wildman–Crippen LogP) is 3.04. The van der Waals surface area contributed by atoms with Gasteiger partial charge in [-0.3, -0.25) is 4.79 Å². The van der Waals surface area contributed by atoms with Crippen molar-refractivity contribution in [1.82, 2.24) is 9.88 Å². The Morgan fingerprint density at radius 1 is 1.50 bits per heavy atom. The molecule has 1 N–H and O–H groups in total. The van der Waals surface area contributed by atoms with E-state index in [1.165, 1.54) is 11.8 Å². The van der Waals surface area contributed by atoms with Gasteiger partial charge in [-0.15, -0.1) is 11.8 Å². The molecule has 1 fully saturated rings. The Hall–Kier alpha value is -2.02. The van der Waals surface area contributed by atoms with Gasteiger partial charge in [0.05, 0.1) is 23.3 Å². The number of thioether (sulfide) groups is 1. The second kappa shape index (κ2) is 8.12. The second-order valence-electron chi connectivity index (χ2n) is 6.22. The zero-order valence-electron chi connectivity index (χ0n) is 14.2. The number of carbonyl (C=O) groups is 1. The molecular weight excluding hydrogens is 372 g/mol. The lowest BCUT2D eigenvalue weighted by Crippen LogP contribution is -2.38. The summed E-state index contributed by atoms with van der Waals surface area (Å²) >= 11 is 1.35. The molecule has 2 atom stereocenters. The van der Waals surface area contributed by atoms with Crippen LogP contribution in [0.3, 0.4) is 0 Å². The quantitative estimate of drug-likeness (QED) is 0.783. The Morgan fingerprint density at radius 2 is 2.19 bits per heavy atom. The number of anilines is 1. The summed E-state index contributed by atoms with van der Waals surface area (Å²) in [5.41, 5.74) is -0.0330. The highest BCUT2D eigenvalue weighted by Crippen LogP contribution is 2.35. The fourth-order valence-electron chi connectivity index (χ4n) is 2.60. The normalized spacial score (nSPS) is 20.3. The third-order valence-corrected chi connectivity index (χ3v) is 5.01. The standard InChI is InChI=1S/C16H18F4N4OS/c1-9(2)26-8-14(25)24-6-11(16(18,19)20)13(7-24)23-15-12(17)3-10(4-21)5-22-15/h3,5,9,11,13H,6-8H2,1-2H3,(H,22,23)/t11-,13-/m1/s1. The number of rotatable bonds is 5. The lowest BCUT2D eigenvalue weighted by Gasteiger charge is -2.22. The van der Waals surface area contributed by atoms with Gasteiger partial charge in [-0.25, -0.2) is 9.37 Å². The van der Waals surface area contributed by atoms with E-state index in [9.17, 15) is 22.4 Å². The second-order valence-corrected chi connectivity index (χ2v) is 7.79. The van der Waals surface area contributed by atoms with E-state index in [1.807, 2.05) is 13.8 Å². The Bertz CT molecular complexity index is 704. The van der Waals surface area contributed by atoms with Crippen LogP contribution in [0.15, 0.2) is 12.3 Å². The summed E-state index contributed by atoms with van der Waals surface area (Å²) in [5.74, 6) is -3.39. The number of nitrogens with one attached hydrogen (secondary N) is 1. The molecule has 5 nitrogen and oxygen atoms in total. The predicted molar refractivity (Wildman–Crippen MR) is 90.0 cm³/mol. The van der Waals surface area contributed by atoms with E-state index in [0.717, 1.165) is 17.2 Å². The van der Waals surface area contributed by atoms with E-state index >= 15 is 0 Å². The molecule has 1 aliphatic heterocycles. The van der Waals surface area contributed by atoms with E-state index < -0.39 is 30.5 Å². The highest BCUT2D eigenvalue weighted by atomic mass is 32.2. The van der Waals surface area contributed by atoms with Crippen molar-refractivity contribution in [3.63, 3.8) is 0 Å². The van der Waals surface area contributed by atoms with E-state index in [0.29, 0.717) is 0 Å². The molecule has 10 heteroatoms. The largest absolute Gasteiger partial charge is 0.395 e. The topological polar surface area (TPSA) is 69.0 Å². The van der Waals surface area contributed by atoms with Gasteiger partial charge in [-0.2, -0.15) is 18.4 Å². The smallest absolute Gasteiger partial charge is 0.362 e. The van der Waals surface area contributed by atoms with Crippen molar-refractivity contribution in [1.29, 1.82) is 5.26 Å². The zero-order valence-corrected chi connectivity index (χ0v) is 15.0. The number of nitriles is 1. The van der Waals surface area contributed by atoms with Crippen molar-refractivity contribution in [3.05, 3.63) is 23.6 Å². The minimum Gasteiger partial charge on any atom is -0.362 e. The molecule has 0 saturated carbocycles. The highest BCUT2D eigenvalue weighted by Gasteiger charge is 2.51. The average Bonchev–Trinajstić information content (AvgIpc) is 2.98. The fraction of sp³-hybridized carbons (Fsp3) is 0.562. The Balaban J connectivity index is 2.14. The van der Waals surface area contributed by atoms with Crippen LogP contribution in [0.4, 0.5) is 23.4 Å². The molecule has 0 bridgehead atoms. The number of halogens is 4. The van der Waals surface area contributed by atoms with Crippen LogP contribution in [0.1, 0.15) is 19.4 Å². The van der Waals surface area contributed by atoms with Crippen LogP contribution >= 0.6 is 11.8 Å². The lowest BCUT2D eigenvalue weighted by molar-refractivity contribution is -0.172. The molecule has 0 unspecified atom stereocenters. The molecule has 0 spiro atoms. The molecule has 0 radical (unpaired) electrons. The van der Waals surface area contributed by atoms with Crippen LogP contribution in [-0.2, 0) is 4.79 Å². The van der Waals surface area contributed by atoms with E-state index in [1.54, 1.807) is 6.07 Å². The highest BCUT2D eigenvalue weighted by molar-refractivity contribution is 8.00. The first-order chi connectivity index (χ1) is 12.1. The number of carbonyl (C=O) groups excluding carboxylic acids is 1. The molecule has 2 heterocycles. The molecular formula is C16H18F4N4OS. The van der Waals surface area contributed by atoms with Crippen LogP contribution < -0.4 is 5.32 Å². The molecule has 1 aliphatic rings. The summed E-state index contributed by atoms with van der Waals surface area (Å²) in [4.78, 5) is 17.0. The van der Waals surface area contributed by atoms with Crippen molar-refractivity contribution in [2.24, 2.45) is 5.92 Å². The monoisotopic (exact) mass is 390 g/mol. The number of hydrogen-bond acceptors (Lipinski definition) is 5. The molecule has 142 valence electrons. The number of alkyl halides is 3. The summed E-state index contributed by atoms with van der Waals surface area (Å²) in [6.45, 7) is 3.12. The maximum absolute atomic E-state index is 13.9. The summed E-state index contributed by atoms with van der Waals surface area (Å²) in [7, 11) is 0. The van der Waals surface area contributed by atoms with Gasteiger partial charge in [-0.1, -0.05) is 13.8 Å². The van der Waals surface area contributed by atoms with Gasteiger partial charge in [0.25, 0.3) is 0 Å². The van der Waals surface area contributed by atoms with Gasteiger partial charge in [0.1, 0.15) is 6.07 Å². The number of amides is 1. The van der Waals surface area contributed by atoms with Gasteiger partial charge in [0.2, 0.25) is 5.91 Å². The third kappa shape index (κ3) is 5.00. The maximum atomic E-state index is 13.9. The van der Waals surface area contributed by atoms with E-state index in [2.05, 4.69) is 10.3 Å². The van der Waals surface area contributed by atoms with Gasteiger partial charge < -0.3 is 10.2 Å². The van der Waals surface area contributed by atoms with Crippen LogP contribution in [0.2, 0.25) is 0 Å². The molecule has 26 heavy (non-hydrogen) atoms. The van der Waals surface area contributed by atoms with Gasteiger partial charge in [-0.05, 0) is 11.3 Å². The van der Waals surface area contributed by atoms with E-state index in [4.69, 9.17) is 5.26 Å². The van der Waals surface area contributed by atoms with Crippen LogP contribution in [0, 0.1) is 23.1 Å². The fourth-order valence-corrected chi connectivity index (χ4v) is 3.25. The van der Waals surface area contributed by atoms with Gasteiger partial charge in [0.15, 0.2) is 11.6 Å². The Labute approximate surface area is 152 Å². The third-order valence-electron chi connectivity index (χ3n) is 3.93. The molecule has 1 amide bonds. The van der Waals surface area contributed by atoms with Crippen molar-refractivity contribution in [2.75, 3.05) is 24.2 Å². The summed E-state index contributed by atoms with van der Waals surface area (Å²) in [6, 6.07) is 1.39. The number of hydrogen-bond donors (Lipinski definition) is 1. The average molecular weight is 390 g/mol. The first kappa shape index (κ1) is 20.3. The molecule has 0 aromatic carbocycles. The van der Waals surface area contributed by atoms with Crippen molar-refractivity contribution in [2.45, 2.75) is 31.3 Å². The molecule has 2 rings (SSSR count). The summed E-state index contributed by atoms with van der Waals surface area (Å²) in [6.07, 6.45) is -3.47. The van der Waals surface area contributed by atoms with Crippen LogP contribution in [-0.4, -0.2) is 52.1 Å². The molecule has 1 saturated heterocycles. The molecule has 1 aromatic heterocycles. The Kier molecular flexibility index (Phi) is 6.34. The maximum Gasteiger partial charge on any atom is 0.395 e. The summed E-state index contributed by atoms with van der Waals surface area (Å²) in [5, 5.41) is 11.3. The number of likely N-dealkylation sites (tertiary alicyclic amines) is 1. The van der Waals surface area contributed by atoms with Crippen molar-refractivity contribution >= 4 is 23.5 Å². The number of pyridine rings is 1. The van der Waals surface area contributed by atoms with Gasteiger partial charge >= 0.3 is 6.18 Å². The minimum absolute atomic E-state index is 0.0330. The lowest BCUT2D eigenvalue weighted by atomic mass is 10.0. The molecule has 1 aromatic rings.